The number of Topliss-reactive ketones (excluding diaryl/α,β-unsaturated/α-hetero) is 1. The SMILES string of the molecule is Cn1cc(C(=O)CSCCO)c2ccccc21. The van der Waals surface area contributed by atoms with Gasteiger partial charge in [0, 0.05) is 35.5 Å². The van der Waals surface area contributed by atoms with Crippen LogP contribution in [0.4, 0.5) is 0 Å². The summed E-state index contributed by atoms with van der Waals surface area (Å²) in [5.74, 6) is 1.16. The number of benzene rings is 1. The summed E-state index contributed by atoms with van der Waals surface area (Å²) in [4.78, 5) is 12.0. The van der Waals surface area contributed by atoms with Gasteiger partial charge in [0.15, 0.2) is 5.78 Å². The average molecular weight is 249 g/mol. The maximum absolute atomic E-state index is 12.0. The van der Waals surface area contributed by atoms with E-state index in [9.17, 15) is 4.79 Å². The first-order valence-corrected chi connectivity index (χ1v) is 6.65. The van der Waals surface area contributed by atoms with Gasteiger partial charge in [0.05, 0.1) is 12.4 Å². The summed E-state index contributed by atoms with van der Waals surface area (Å²) >= 11 is 1.47. The lowest BCUT2D eigenvalue weighted by Crippen LogP contribution is -2.03. The third kappa shape index (κ3) is 2.53. The Morgan fingerprint density at radius 3 is 2.94 bits per heavy atom. The number of aliphatic hydroxyl groups is 1. The number of para-hydroxylation sites is 1. The first kappa shape index (κ1) is 12.2. The second-order valence-corrected chi connectivity index (χ2v) is 4.98. The van der Waals surface area contributed by atoms with Crippen molar-refractivity contribution in [3.05, 3.63) is 36.0 Å². The molecule has 4 heteroatoms. The van der Waals surface area contributed by atoms with E-state index in [-0.39, 0.29) is 12.4 Å². The van der Waals surface area contributed by atoms with Crippen LogP contribution in [0, 0.1) is 0 Å². The van der Waals surface area contributed by atoms with Crippen molar-refractivity contribution in [1.82, 2.24) is 4.57 Å². The van der Waals surface area contributed by atoms with Crippen molar-refractivity contribution in [3.8, 4) is 0 Å². The van der Waals surface area contributed by atoms with Crippen LogP contribution in [0.3, 0.4) is 0 Å². The lowest BCUT2D eigenvalue weighted by molar-refractivity contribution is 0.102. The van der Waals surface area contributed by atoms with Gasteiger partial charge >= 0.3 is 0 Å². The molecule has 0 saturated carbocycles. The standard InChI is InChI=1S/C13H15NO2S/c1-14-8-11(13(16)9-17-7-6-15)10-4-2-3-5-12(10)14/h2-5,8,15H,6-7,9H2,1H3. The Balaban J connectivity index is 2.26. The molecule has 0 aliphatic rings. The maximum Gasteiger partial charge on any atom is 0.174 e. The van der Waals surface area contributed by atoms with Crippen LogP contribution in [0.2, 0.25) is 0 Å². The van der Waals surface area contributed by atoms with Gasteiger partial charge in [-0.1, -0.05) is 18.2 Å². The molecule has 3 nitrogen and oxygen atoms in total. The van der Waals surface area contributed by atoms with Gasteiger partial charge in [0.25, 0.3) is 0 Å². The zero-order valence-corrected chi connectivity index (χ0v) is 10.5. The van der Waals surface area contributed by atoms with Crippen molar-refractivity contribution in [2.45, 2.75) is 0 Å². The van der Waals surface area contributed by atoms with Crippen LogP contribution in [0.25, 0.3) is 10.9 Å². The van der Waals surface area contributed by atoms with Crippen LogP contribution in [-0.2, 0) is 7.05 Å². The van der Waals surface area contributed by atoms with Crippen LogP contribution < -0.4 is 0 Å². The summed E-state index contributed by atoms with van der Waals surface area (Å²) in [6.07, 6.45) is 1.88. The van der Waals surface area contributed by atoms with Gasteiger partial charge in [-0.3, -0.25) is 4.79 Å². The fourth-order valence-corrected chi connectivity index (χ4v) is 2.49. The van der Waals surface area contributed by atoms with Crippen LogP contribution in [0.5, 0.6) is 0 Å². The minimum atomic E-state index is 0.119. The molecule has 1 aromatic heterocycles. The largest absolute Gasteiger partial charge is 0.396 e. The number of hydrogen-bond acceptors (Lipinski definition) is 3. The highest BCUT2D eigenvalue weighted by Crippen LogP contribution is 2.21. The number of nitrogens with zero attached hydrogens (tertiary/aromatic N) is 1. The topological polar surface area (TPSA) is 42.2 Å². The lowest BCUT2D eigenvalue weighted by Gasteiger charge is -1.98. The number of hydrogen-bond donors (Lipinski definition) is 1. The van der Waals surface area contributed by atoms with E-state index >= 15 is 0 Å². The normalized spacial score (nSPS) is 10.9. The van der Waals surface area contributed by atoms with E-state index < -0.39 is 0 Å². The third-order valence-electron chi connectivity index (χ3n) is 2.67. The number of carbonyl (C=O) groups excluding carboxylic acids is 1. The van der Waals surface area contributed by atoms with E-state index in [4.69, 9.17) is 5.11 Å². The highest BCUT2D eigenvalue weighted by atomic mass is 32.2. The fourth-order valence-electron chi connectivity index (χ4n) is 1.87. The molecule has 2 rings (SSSR count). The minimum Gasteiger partial charge on any atom is -0.396 e. The molecule has 0 saturated heterocycles. The van der Waals surface area contributed by atoms with Crippen LogP contribution >= 0.6 is 11.8 Å². The molecule has 0 atom stereocenters. The van der Waals surface area contributed by atoms with E-state index in [2.05, 4.69) is 0 Å². The Bertz CT molecular complexity index is 533. The fraction of sp³-hybridized carbons (Fsp3) is 0.308. The average Bonchev–Trinajstić information content (AvgIpc) is 2.68. The molecule has 0 unspecified atom stereocenters. The zero-order valence-electron chi connectivity index (χ0n) is 9.72. The van der Waals surface area contributed by atoms with Gasteiger partial charge in [-0.25, -0.2) is 0 Å². The molecule has 0 fully saturated rings. The number of rotatable bonds is 5. The van der Waals surface area contributed by atoms with Crippen LogP contribution in [0.1, 0.15) is 10.4 Å². The third-order valence-corrected chi connectivity index (χ3v) is 3.60. The molecule has 90 valence electrons. The molecule has 1 aromatic carbocycles. The van der Waals surface area contributed by atoms with E-state index in [1.165, 1.54) is 11.8 Å². The van der Waals surface area contributed by atoms with Crippen molar-refractivity contribution >= 4 is 28.4 Å². The first-order chi connectivity index (χ1) is 8.24. The minimum absolute atomic E-state index is 0.119. The number of aryl methyl sites for hydroxylation is 1. The molecular formula is C13H15NO2S. The van der Waals surface area contributed by atoms with Gasteiger partial charge in [0.2, 0.25) is 0 Å². The van der Waals surface area contributed by atoms with Gasteiger partial charge in [0.1, 0.15) is 0 Å². The smallest absolute Gasteiger partial charge is 0.174 e. The predicted molar refractivity (Wildman–Crippen MR) is 71.7 cm³/mol. The van der Waals surface area contributed by atoms with Crippen LogP contribution in [0.15, 0.2) is 30.5 Å². The molecule has 0 radical (unpaired) electrons. The van der Waals surface area contributed by atoms with Crippen molar-refractivity contribution in [2.75, 3.05) is 18.1 Å². The quantitative estimate of drug-likeness (QED) is 0.651. The second-order valence-electron chi connectivity index (χ2n) is 3.87. The van der Waals surface area contributed by atoms with Gasteiger partial charge in [-0.2, -0.15) is 11.8 Å². The highest BCUT2D eigenvalue weighted by Gasteiger charge is 2.12. The Kier molecular flexibility index (Phi) is 3.86. The molecule has 0 amide bonds. The molecule has 0 aliphatic heterocycles. The zero-order chi connectivity index (χ0) is 12.3. The molecule has 0 spiro atoms. The number of aliphatic hydroxyl groups excluding tert-OH is 1. The van der Waals surface area contributed by atoms with E-state index in [1.54, 1.807) is 0 Å². The molecule has 1 heterocycles. The molecule has 0 aliphatic carbocycles. The summed E-state index contributed by atoms with van der Waals surface area (Å²) in [6, 6.07) is 7.89. The summed E-state index contributed by atoms with van der Waals surface area (Å²) < 4.78 is 1.97. The van der Waals surface area contributed by atoms with E-state index in [0.717, 1.165) is 16.5 Å². The summed E-state index contributed by atoms with van der Waals surface area (Å²) in [5, 5.41) is 9.69. The highest BCUT2D eigenvalue weighted by molar-refractivity contribution is 8.00. The number of carbonyl (C=O) groups is 1. The molecule has 17 heavy (non-hydrogen) atoms. The van der Waals surface area contributed by atoms with Crippen molar-refractivity contribution in [2.24, 2.45) is 7.05 Å². The predicted octanol–water partition coefficient (Wildman–Crippen LogP) is 2.09. The Hall–Kier alpha value is -1.26. The van der Waals surface area contributed by atoms with Crippen LogP contribution in [-0.4, -0.2) is 33.6 Å². The Labute approximate surface area is 104 Å². The molecule has 1 N–H and O–H groups in total. The summed E-state index contributed by atoms with van der Waals surface area (Å²) in [6.45, 7) is 0.119. The molecule has 0 bridgehead atoms. The monoisotopic (exact) mass is 249 g/mol. The van der Waals surface area contributed by atoms with Crippen molar-refractivity contribution in [1.29, 1.82) is 0 Å². The lowest BCUT2D eigenvalue weighted by atomic mass is 10.1. The second kappa shape index (κ2) is 5.38. The Morgan fingerprint density at radius 1 is 1.41 bits per heavy atom. The molecular weight excluding hydrogens is 234 g/mol. The van der Waals surface area contributed by atoms with Gasteiger partial charge in [-0.05, 0) is 6.07 Å². The van der Waals surface area contributed by atoms with E-state index in [0.29, 0.717) is 11.5 Å². The number of ketones is 1. The number of fused-ring (bicyclic) bond motifs is 1. The molecule has 2 aromatic rings. The van der Waals surface area contributed by atoms with Gasteiger partial charge < -0.3 is 9.67 Å². The van der Waals surface area contributed by atoms with Crippen molar-refractivity contribution < 1.29 is 9.90 Å². The first-order valence-electron chi connectivity index (χ1n) is 5.50. The number of aromatic nitrogens is 1. The van der Waals surface area contributed by atoms with Gasteiger partial charge in [-0.15, -0.1) is 0 Å². The van der Waals surface area contributed by atoms with Crippen molar-refractivity contribution in [3.63, 3.8) is 0 Å². The maximum atomic E-state index is 12.0. The number of thioether (sulfide) groups is 1. The summed E-state index contributed by atoms with van der Waals surface area (Å²) in [5.41, 5.74) is 1.84. The van der Waals surface area contributed by atoms with E-state index in [1.807, 2.05) is 42.1 Å². The Morgan fingerprint density at radius 2 is 2.18 bits per heavy atom. The summed E-state index contributed by atoms with van der Waals surface area (Å²) in [7, 11) is 1.94.